The number of rotatable bonds is 7. The first kappa shape index (κ1) is 16.3. The van der Waals surface area contributed by atoms with Gasteiger partial charge in [-0.25, -0.2) is 9.18 Å². The van der Waals surface area contributed by atoms with Crippen LogP contribution in [0.15, 0.2) is 18.2 Å². The monoisotopic (exact) mass is 299 g/mol. The van der Waals surface area contributed by atoms with Crippen molar-refractivity contribution >= 4 is 23.4 Å². The summed E-state index contributed by atoms with van der Waals surface area (Å²) in [5.74, 6) is -1.71. The smallest absolute Gasteiger partial charge is 0.319 e. The summed E-state index contributed by atoms with van der Waals surface area (Å²) in [6, 6.07) is 2.08. The molecule has 0 saturated heterocycles. The molecule has 0 aliphatic heterocycles. The number of nitro benzene ring substituents is 1. The molecule has 0 unspecified atom stereocenters. The molecule has 0 radical (unpaired) electrons. The first-order valence-electron chi connectivity index (χ1n) is 6.10. The van der Waals surface area contributed by atoms with Crippen LogP contribution in [-0.4, -0.2) is 28.6 Å². The van der Waals surface area contributed by atoms with Crippen LogP contribution in [0.5, 0.6) is 0 Å². The Morgan fingerprint density at radius 2 is 2.05 bits per heavy atom. The number of urea groups is 1. The largest absolute Gasteiger partial charge is 0.481 e. The lowest BCUT2D eigenvalue weighted by Gasteiger charge is -2.08. The van der Waals surface area contributed by atoms with Crippen molar-refractivity contribution in [3.05, 3.63) is 34.1 Å². The summed E-state index contributed by atoms with van der Waals surface area (Å²) in [4.78, 5) is 31.6. The molecular weight excluding hydrogens is 285 g/mol. The van der Waals surface area contributed by atoms with Gasteiger partial charge in [-0.2, -0.15) is 0 Å². The minimum Gasteiger partial charge on any atom is -0.481 e. The third-order valence-electron chi connectivity index (χ3n) is 2.51. The van der Waals surface area contributed by atoms with E-state index in [2.05, 4.69) is 10.6 Å². The van der Waals surface area contributed by atoms with Gasteiger partial charge in [0.05, 0.1) is 10.6 Å². The van der Waals surface area contributed by atoms with Crippen LogP contribution in [0, 0.1) is 15.9 Å². The van der Waals surface area contributed by atoms with E-state index in [1.165, 1.54) is 0 Å². The van der Waals surface area contributed by atoms with Crippen molar-refractivity contribution in [2.45, 2.75) is 19.3 Å². The Hall–Kier alpha value is -2.71. The molecule has 114 valence electrons. The highest BCUT2D eigenvalue weighted by atomic mass is 19.1. The minimum absolute atomic E-state index is 0.00278. The van der Waals surface area contributed by atoms with Crippen molar-refractivity contribution < 1.29 is 24.0 Å². The molecule has 8 nitrogen and oxygen atoms in total. The molecular formula is C12H14FN3O5. The third kappa shape index (κ3) is 5.85. The number of nitro groups is 1. The van der Waals surface area contributed by atoms with E-state index in [1.54, 1.807) is 0 Å². The van der Waals surface area contributed by atoms with E-state index < -0.39 is 22.7 Å². The molecule has 1 rings (SSSR count). The van der Waals surface area contributed by atoms with Crippen molar-refractivity contribution in [1.82, 2.24) is 5.32 Å². The van der Waals surface area contributed by atoms with Gasteiger partial charge in [0, 0.05) is 25.1 Å². The number of carbonyl (C=O) groups excluding carboxylic acids is 1. The van der Waals surface area contributed by atoms with E-state index in [1.807, 2.05) is 0 Å². The van der Waals surface area contributed by atoms with Gasteiger partial charge in [0.2, 0.25) is 0 Å². The Morgan fingerprint density at radius 1 is 1.33 bits per heavy atom. The van der Waals surface area contributed by atoms with E-state index >= 15 is 0 Å². The van der Waals surface area contributed by atoms with Crippen LogP contribution >= 0.6 is 0 Å². The van der Waals surface area contributed by atoms with Crippen LogP contribution in [0.3, 0.4) is 0 Å². The zero-order valence-electron chi connectivity index (χ0n) is 11.0. The highest BCUT2D eigenvalue weighted by Crippen LogP contribution is 2.20. The van der Waals surface area contributed by atoms with Gasteiger partial charge in [0.25, 0.3) is 5.69 Å². The van der Waals surface area contributed by atoms with Gasteiger partial charge in [-0.15, -0.1) is 0 Å². The number of aliphatic carboxylic acids is 1. The molecule has 3 N–H and O–H groups in total. The number of anilines is 1. The zero-order valence-corrected chi connectivity index (χ0v) is 11.0. The molecule has 0 spiro atoms. The number of amides is 2. The third-order valence-corrected chi connectivity index (χ3v) is 2.51. The summed E-state index contributed by atoms with van der Waals surface area (Å²) in [6.45, 7) is 0.218. The molecule has 0 bridgehead atoms. The van der Waals surface area contributed by atoms with Gasteiger partial charge in [-0.1, -0.05) is 0 Å². The number of hydrogen-bond donors (Lipinski definition) is 3. The second kappa shape index (κ2) is 7.78. The Bertz CT molecular complexity index is 550. The highest BCUT2D eigenvalue weighted by Gasteiger charge is 2.12. The molecule has 0 aliphatic rings. The van der Waals surface area contributed by atoms with Crippen molar-refractivity contribution in [3.63, 3.8) is 0 Å². The molecule has 0 aliphatic carbocycles. The maximum absolute atomic E-state index is 13.4. The van der Waals surface area contributed by atoms with E-state index in [-0.39, 0.29) is 24.3 Å². The minimum atomic E-state index is -0.918. The summed E-state index contributed by atoms with van der Waals surface area (Å²) in [5.41, 5.74) is -0.639. The van der Waals surface area contributed by atoms with Gasteiger partial charge in [0.15, 0.2) is 0 Å². The topological polar surface area (TPSA) is 122 Å². The average molecular weight is 299 g/mol. The van der Waals surface area contributed by atoms with Crippen LogP contribution < -0.4 is 10.6 Å². The summed E-state index contributed by atoms with van der Waals surface area (Å²) >= 11 is 0. The standard InChI is InChI=1S/C12H14FN3O5/c13-9-5-4-8(16(20)21)7-10(9)15-12(19)14-6-2-1-3-11(17)18/h4-5,7H,1-3,6H2,(H,17,18)(H2,14,15,19). The van der Waals surface area contributed by atoms with E-state index in [4.69, 9.17) is 5.11 Å². The first-order valence-corrected chi connectivity index (χ1v) is 6.10. The van der Waals surface area contributed by atoms with Crippen LogP contribution in [0.25, 0.3) is 0 Å². The van der Waals surface area contributed by atoms with E-state index in [0.29, 0.717) is 12.8 Å². The van der Waals surface area contributed by atoms with E-state index in [0.717, 1.165) is 18.2 Å². The maximum Gasteiger partial charge on any atom is 0.319 e. The van der Waals surface area contributed by atoms with Gasteiger partial charge >= 0.3 is 12.0 Å². The predicted octanol–water partition coefficient (Wildman–Crippen LogP) is 2.11. The number of carbonyl (C=O) groups is 2. The van der Waals surface area contributed by atoms with Crippen molar-refractivity contribution in [3.8, 4) is 0 Å². The first-order chi connectivity index (χ1) is 9.90. The second-order valence-electron chi connectivity index (χ2n) is 4.15. The average Bonchev–Trinajstić information content (AvgIpc) is 2.40. The van der Waals surface area contributed by atoms with Crippen molar-refractivity contribution in [2.75, 3.05) is 11.9 Å². The number of benzene rings is 1. The normalized spacial score (nSPS) is 9.95. The quantitative estimate of drug-likeness (QED) is 0.404. The Balaban J connectivity index is 2.45. The number of unbranched alkanes of at least 4 members (excludes halogenated alkanes) is 1. The fraction of sp³-hybridized carbons (Fsp3) is 0.333. The molecule has 0 saturated carbocycles. The van der Waals surface area contributed by atoms with Crippen LogP contribution in [0.2, 0.25) is 0 Å². The number of halogens is 1. The molecule has 0 fully saturated rings. The lowest BCUT2D eigenvalue weighted by atomic mass is 10.2. The lowest BCUT2D eigenvalue weighted by molar-refractivity contribution is -0.384. The van der Waals surface area contributed by atoms with Crippen LogP contribution in [-0.2, 0) is 4.79 Å². The molecule has 0 aromatic heterocycles. The summed E-state index contributed by atoms with van der Waals surface area (Å²) in [6.07, 6.45) is 0.862. The fourth-order valence-corrected chi connectivity index (χ4v) is 1.49. The Labute approximate surface area is 119 Å². The number of carboxylic acids is 1. The van der Waals surface area contributed by atoms with Crippen molar-refractivity contribution in [2.24, 2.45) is 0 Å². The highest BCUT2D eigenvalue weighted by molar-refractivity contribution is 5.89. The zero-order chi connectivity index (χ0) is 15.8. The SMILES string of the molecule is O=C(O)CCCCNC(=O)Nc1cc([N+](=O)[O-])ccc1F. The maximum atomic E-state index is 13.4. The molecule has 1 aromatic rings. The molecule has 2 amide bonds. The Kier molecular flexibility index (Phi) is 6.05. The van der Waals surface area contributed by atoms with Crippen molar-refractivity contribution in [1.29, 1.82) is 0 Å². The van der Waals surface area contributed by atoms with Gasteiger partial charge < -0.3 is 15.7 Å². The molecule has 1 aromatic carbocycles. The number of hydrogen-bond acceptors (Lipinski definition) is 4. The second-order valence-corrected chi connectivity index (χ2v) is 4.15. The molecule has 21 heavy (non-hydrogen) atoms. The van der Waals surface area contributed by atoms with Gasteiger partial charge in [-0.3, -0.25) is 14.9 Å². The lowest BCUT2D eigenvalue weighted by Crippen LogP contribution is -2.30. The number of carboxylic acid groups (broad SMARTS) is 1. The fourth-order valence-electron chi connectivity index (χ4n) is 1.49. The molecule has 0 heterocycles. The van der Waals surface area contributed by atoms with Crippen LogP contribution in [0.4, 0.5) is 20.6 Å². The number of nitrogens with zero attached hydrogens (tertiary/aromatic N) is 1. The molecule has 0 atom stereocenters. The van der Waals surface area contributed by atoms with E-state index in [9.17, 15) is 24.1 Å². The summed E-state index contributed by atoms with van der Waals surface area (Å²) < 4.78 is 13.4. The summed E-state index contributed by atoms with van der Waals surface area (Å²) in [5, 5.41) is 23.5. The predicted molar refractivity (Wildman–Crippen MR) is 71.6 cm³/mol. The number of non-ortho nitro benzene ring substituents is 1. The summed E-state index contributed by atoms with van der Waals surface area (Å²) in [7, 11) is 0. The van der Waals surface area contributed by atoms with Gasteiger partial charge in [0.1, 0.15) is 5.82 Å². The Morgan fingerprint density at radius 3 is 2.67 bits per heavy atom. The number of nitrogens with one attached hydrogen (secondary N) is 2. The van der Waals surface area contributed by atoms with Gasteiger partial charge in [-0.05, 0) is 18.9 Å². The molecule has 9 heteroatoms. The van der Waals surface area contributed by atoms with Crippen LogP contribution in [0.1, 0.15) is 19.3 Å².